The fourth-order valence-electron chi connectivity index (χ4n) is 0.766. The van der Waals surface area contributed by atoms with Crippen LogP contribution in [0.4, 0.5) is 0 Å². The fourth-order valence-corrected chi connectivity index (χ4v) is 1.44. The number of halogens is 3. The predicted octanol–water partition coefficient (Wildman–Crippen LogP) is 4.13. The van der Waals surface area contributed by atoms with Crippen molar-refractivity contribution in [2.24, 2.45) is 0 Å². The third-order valence-corrected chi connectivity index (χ3v) is 2.14. The lowest BCUT2D eigenvalue weighted by atomic mass is 10.2. The van der Waals surface area contributed by atoms with Gasteiger partial charge in [0.05, 0.1) is 8.41 Å². The molecule has 1 N–H and O–H groups in total. The van der Waals surface area contributed by atoms with Crippen LogP contribution in [0, 0.1) is 0 Å². The summed E-state index contributed by atoms with van der Waals surface area (Å²) in [5.74, 6) is 0.0895. The summed E-state index contributed by atoms with van der Waals surface area (Å²) in [6, 6.07) is 5.09. The van der Waals surface area contributed by atoms with Gasteiger partial charge in [-0.2, -0.15) is 0 Å². The first kappa shape index (κ1) is 10.1. The molecule has 0 aliphatic rings. The van der Waals surface area contributed by atoms with Gasteiger partial charge in [-0.15, -0.1) is 0 Å². The van der Waals surface area contributed by atoms with Crippen molar-refractivity contribution in [1.29, 1.82) is 0 Å². The van der Waals surface area contributed by atoms with E-state index in [9.17, 15) is 5.11 Å². The van der Waals surface area contributed by atoms with E-state index in [4.69, 9.17) is 11.6 Å². The van der Waals surface area contributed by atoms with Crippen molar-refractivity contribution in [3.8, 4) is 5.75 Å². The molecule has 0 fully saturated rings. The van der Waals surface area contributed by atoms with E-state index in [-0.39, 0.29) is 5.75 Å². The van der Waals surface area contributed by atoms with Gasteiger partial charge in [-0.3, -0.25) is 0 Å². The molecule has 0 bridgehead atoms. The zero-order valence-electron chi connectivity index (χ0n) is 5.89. The van der Waals surface area contributed by atoms with Gasteiger partial charge in [0.1, 0.15) is 5.75 Å². The number of phenolic OH excluding ortho intramolecular Hbond substituents is 1. The summed E-state index contributed by atoms with van der Waals surface area (Å²) in [5.41, 5.74) is 0.764. The van der Waals surface area contributed by atoms with Gasteiger partial charge in [0.25, 0.3) is 0 Å². The second-order valence-electron chi connectivity index (χ2n) is 2.11. The minimum Gasteiger partial charge on any atom is -0.506 e. The maximum Gasteiger partial charge on any atom is 0.134 e. The molecule has 12 heavy (non-hydrogen) atoms. The highest BCUT2D eigenvalue weighted by atomic mass is 79.9. The Bertz CT molecular complexity index is 319. The van der Waals surface area contributed by atoms with Crippen molar-refractivity contribution in [2.45, 2.75) is 0 Å². The van der Waals surface area contributed by atoms with Crippen LogP contribution in [-0.4, -0.2) is 5.11 Å². The number of rotatable bonds is 1. The van der Waals surface area contributed by atoms with Gasteiger partial charge in [-0.05, 0) is 49.6 Å². The molecule has 0 spiro atoms. The summed E-state index contributed by atoms with van der Waals surface area (Å²) >= 11 is 12.2. The number of benzene rings is 1. The van der Waals surface area contributed by atoms with Gasteiger partial charge >= 0.3 is 0 Å². The van der Waals surface area contributed by atoms with Crippen molar-refractivity contribution >= 4 is 49.5 Å². The Morgan fingerprint density at radius 1 is 1.42 bits per heavy atom. The molecule has 0 heterocycles. The Morgan fingerprint density at radius 3 is 2.67 bits per heavy atom. The summed E-state index contributed by atoms with van der Waals surface area (Å²) in [7, 11) is 0. The summed E-state index contributed by atoms with van der Waals surface area (Å²) in [4.78, 5) is 0. The highest BCUT2D eigenvalue weighted by Gasteiger charge is 2.01. The molecule has 4 heteroatoms. The quantitative estimate of drug-likeness (QED) is 0.826. The maximum absolute atomic E-state index is 9.22. The normalized spacial score (nSPS) is 9.58. The van der Waals surface area contributed by atoms with Crippen molar-refractivity contribution in [1.82, 2.24) is 0 Å². The second-order valence-corrected chi connectivity index (χ2v) is 5.27. The van der Waals surface area contributed by atoms with E-state index in [1.54, 1.807) is 18.2 Å². The molecule has 0 aromatic heterocycles. The summed E-state index contributed by atoms with van der Waals surface area (Å²) in [6.45, 7) is 0. The van der Waals surface area contributed by atoms with Crippen LogP contribution in [0.5, 0.6) is 5.75 Å². The van der Waals surface area contributed by atoms with E-state index >= 15 is 0 Å². The highest BCUT2D eigenvalue weighted by Crippen LogP contribution is 2.30. The minimum absolute atomic E-state index is 0.0895. The van der Waals surface area contributed by atoms with Gasteiger partial charge in [0.2, 0.25) is 0 Å². The largest absolute Gasteiger partial charge is 0.506 e. The first-order valence-electron chi connectivity index (χ1n) is 3.11. The Labute approximate surface area is 92.3 Å². The second kappa shape index (κ2) is 4.30. The smallest absolute Gasteiger partial charge is 0.134 e. The lowest BCUT2D eigenvalue weighted by Gasteiger charge is -1.99. The van der Waals surface area contributed by atoms with E-state index in [2.05, 4.69) is 31.9 Å². The Hall–Kier alpha value is 0.01000. The summed E-state index contributed by atoms with van der Waals surface area (Å²) in [5, 5.41) is 9.58. The summed E-state index contributed by atoms with van der Waals surface area (Å²) in [6.07, 6.45) is 1.77. The molecule has 0 atom stereocenters. The zero-order valence-corrected chi connectivity index (χ0v) is 9.82. The van der Waals surface area contributed by atoms with Crippen LogP contribution < -0.4 is 0 Å². The number of phenols is 1. The average molecular weight is 312 g/mol. The Morgan fingerprint density at radius 2 is 2.08 bits per heavy atom. The number of hydrogen-bond donors (Lipinski definition) is 1. The van der Waals surface area contributed by atoms with Crippen LogP contribution in [-0.2, 0) is 0 Å². The third-order valence-electron chi connectivity index (χ3n) is 1.27. The van der Waals surface area contributed by atoms with Crippen LogP contribution in [0.1, 0.15) is 5.56 Å². The van der Waals surface area contributed by atoms with Gasteiger partial charge in [-0.25, -0.2) is 0 Å². The molecular weight excluding hydrogens is 307 g/mol. The van der Waals surface area contributed by atoms with Gasteiger partial charge in [0, 0.05) is 0 Å². The van der Waals surface area contributed by atoms with Crippen LogP contribution >= 0.6 is 43.5 Å². The minimum atomic E-state index is 0.0895. The Balaban J connectivity index is 3.17. The third kappa shape index (κ3) is 2.51. The molecule has 1 aromatic rings. The average Bonchev–Trinajstić information content (AvgIpc) is 1.98. The van der Waals surface area contributed by atoms with E-state index in [1.165, 1.54) is 0 Å². The van der Waals surface area contributed by atoms with Crippen LogP contribution in [0.25, 0.3) is 6.08 Å². The molecule has 64 valence electrons. The van der Waals surface area contributed by atoms with Crippen LogP contribution in [0.2, 0.25) is 5.02 Å². The molecule has 1 rings (SSSR count). The van der Waals surface area contributed by atoms with Crippen LogP contribution in [0.15, 0.2) is 21.6 Å². The molecule has 0 unspecified atom stereocenters. The Kier molecular flexibility index (Phi) is 3.62. The maximum atomic E-state index is 9.22. The van der Waals surface area contributed by atoms with E-state index in [0.717, 1.165) is 8.96 Å². The standard InChI is InChI=1S/C8H5Br2ClO/c9-7(10)4-5-2-1-3-6(12)8(5)11/h1-4,12H. The van der Waals surface area contributed by atoms with Crippen molar-refractivity contribution < 1.29 is 5.11 Å². The topological polar surface area (TPSA) is 20.2 Å². The monoisotopic (exact) mass is 310 g/mol. The highest BCUT2D eigenvalue weighted by molar-refractivity contribution is 9.28. The zero-order chi connectivity index (χ0) is 9.14. The van der Waals surface area contributed by atoms with Gasteiger partial charge < -0.3 is 5.11 Å². The number of hydrogen-bond acceptors (Lipinski definition) is 1. The van der Waals surface area contributed by atoms with Crippen molar-refractivity contribution in [3.63, 3.8) is 0 Å². The van der Waals surface area contributed by atoms with Gasteiger partial charge in [0.15, 0.2) is 0 Å². The summed E-state index contributed by atoms with van der Waals surface area (Å²) < 4.78 is 0.780. The lowest BCUT2D eigenvalue weighted by molar-refractivity contribution is 0.475. The van der Waals surface area contributed by atoms with E-state index < -0.39 is 0 Å². The molecule has 0 saturated heterocycles. The molecular formula is C8H5Br2ClO. The van der Waals surface area contributed by atoms with E-state index in [0.29, 0.717) is 5.02 Å². The molecule has 1 nitrogen and oxygen atoms in total. The van der Waals surface area contributed by atoms with Crippen molar-refractivity contribution in [3.05, 3.63) is 32.2 Å². The number of aromatic hydroxyl groups is 1. The predicted molar refractivity (Wildman–Crippen MR) is 58.9 cm³/mol. The van der Waals surface area contributed by atoms with E-state index in [1.807, 2.05) is 6.07 Å². The molecule has 0 aliphatic heterocycles. The molecule has 0 radical (unpaired) electrons. The molecule has 0 saturated carbocycles. The molecule has 1 aromatic carbocycles. The van der Waals surface area contributed by atoms with Crippen molar-refractivity contribution in [2.75, 3.05) is 0 Å². The molecule has 0 aliphatic carbocycles. The fraction of sp³-hybridized carbons (Fsp3) is 0. The first-order valence-corrected chi connectivity index (χ1v) is 5.08. The molecule has 0 amide bonds. The SMILES string of the molecule is Oc1cccc(C=C(Br)Br)c1Cl. The first-order chi connectivity index (χ1) is 5.61. The van der Waals surface area contributed by atoms with Gasteiger partial charge in [-0.1, -0.05) is 23.7 Å². The lowest BCUT2D eigenvalue weighted by Crippen LogP contribution is -1.75. The van der Waals surface area contributed by atoms with Crippen LogP contribution in [0.3, 0.4) is 0 Å².